The predicted molar refractivity (Wildman–Crippen MR) is 43.7 cm³/mol. The monoisotopic (exact) mass is 161 g/mol. The van der Waals surface area contributed by atoms with E-state index in [1.54, 1.807) is 6.20 Å². The van der Waals surface area contributed by atoms with Crippen molar-refractivity contribution in [1.29, 1.82) is 5.26 Å². The Labute approximate surface area is 69.5 Å². The van der Waals surface area contributed by atoms with Crippen molar-refractivity contribution in [3.05, 3.63) is 12.0 Å². The Balaban J connectivity index is 2.44. The van der Waals surface area contributed by atoms with E-state index in [-0.39, 0.29) is 5.82 Å². The van der Waals surface area contributed by atoms with E-state index in [1.807, 2.05) is 6.07 Å². The van der Waals surface area contributed by atoms with Crippen molar-refractivity contribution in [3.8, 4) is 6.07 Å². The molecule has 1 aliphatic heterocycles. The number of hydrogen-bond donors (Lipinski definition) is 2. The van der Waals surface area contributed by atoms with Crippen molar-refractivity contribution in [2.75, 3.05) is 23.7 Å². The number of anilines is 2. The first-order valence-electron chi connectivity index (χ1n) is 3.65. The third-order valence-corrected chi connectivity index (χ3v) is 1.62. The Kier molecular flexibility index (Phi) is 1.52. The van der Waals surface area contributed by atoms with Gasteiger partial charge in [0.2, 0.25) is 5.82 Å². The lowest BCUT2D eigenvalue weighted by Gasteiger charge is -2.17. The SMILES string of the molecule is N#Cc1ncc2c(n1)NCCN2. The van der Waals surface area contributed by atoms with Gasteiger partial charge < -0.3 is 10.6 Å². The fraction of sp³-hybridized carbons (Fsp3) is 0.286. The molecule has 2 heterocycles. The molecule has 5 heteroatoms. The van der Waals surface area contributed by atoms with Crippen LogP contribution in [0.25, 0.3) is 0 Å². The lowest BCUT2D eigenvalue weighted by molar-refractivity contribution is 0.988. The molecule has 2 N–H and O–H groups in total. The van der Waals surface area contributed by atoms with Crippen LogP contribution in [0.15, 0.2) is 6.20 Å². The van der Waals surface area contributed by atoms with Gasteiger partial charge in [0.05, 0.1) is 11.9 Å². The van der Waals surface area contributed by atoms with E-state index in [0.29, 0.717) is 5.82 Å². The van der Waals surface area contributed by atoms with Crippen molar-refractivity contribution in [2.24, 2.45) is 0 Å². The Morgan fingerprint density at radius 1 is 1.42 bits per heavy atom. The Morgan fingerprint density at radius 3 is 3.08 bits per heavy atom. The maximum Gasteiger partial charge on any atom is 0.234 e. The number of fused-ring (bicyclic) bond motifs is 1. The molecule has 0 saturated carbocycles. The van der Waals surface area contributed by atoms with Gasteiger partial charge in [-0.1, -0.05) is 0 Å². The van der Waals surface area contributed by atoms with Gasteiger partial charge in [0.15, 0.2) is 5.82 Å². The molecule has 0 bridgehead atoms. The van der Waals surface area contributed by atoms with E-state index in [9.17, 15) is 0 Å². The number of nitrogens with zero attached hydrogens (tertiary/aromatic N) is 3. The number of nitriles is 1. The van der Waals surface area contributed by atoms with Crippen LogP contribution in [0, 0.1) is 11.3 Å². The topological polar surface area (TPSA) is 73.6 Å². The first-order chi connectivity index (χ1) is 5.90. The highest BCUT2D eigenvalue weighted by atomic mass is 15.1. The predicted octanol–water partition coefficient (Wildman–Crippen LogP) is 0.186. The van der Waals surface area contributed by atoms with Crippen LogP contribution < -0.4 is 10.6 Å². The van der Waals surface area contributed by atoms with Gasteiger partial charge in [-0.3, -0.25) is 0 Å². The third-order valence-electron chi connectivity index (χ3n) is 1.62. The molecule has 2 rings (SSSR count). The Hall–Kier alpha value is -1.83. The van der Waals surface area contributed by atoms with E-state index in [1.165, 1.54) is 0 Å². The maximum atomic E-state index is 8.52. The van der Waals surface area contributed by atoms with Crippen molar-refractivity contribution in [2.45, 2.75) is 0 Å². The van der Waals surface area contributed by atoms with Crippen LogP contribution in [0.5, 0.6) is 0 Å². The summed E-state index contributed by atoms with van der Waals surface area (Å²) >= 11 is 0. The van der Waals surface area contributed by atoms with Crippen LogP contribution in [0.4, 0.5) is 11.5 Å². The lowest BCUT2D eigenvalue weighted by atomic mass is 10.3. The molecule has 0 aromatic carbocycles. The lowest BCUT2D eigenvalue weighted by Crippen LogP contribution is -2.22. The second-order valence-electron chi connectivity index (χ2n) is 2.42. The summed E-state index contributed by atoms with van der Waals surface area (Å²) in [4.78, 5) is 7.82. The molecule has 1 aromatic rings. The van der Waals surface area contributed by atoms with Gasteiger partial charge in [0, 0.05) is 13.1 Å². The quantitative estimate of drug-likeness (QED) is 0.568. The van der Waals surface area contributed by atoms with Crippen LogP contribution in [-0.4, -0.2) is 23.1 Å². The smallest absolute Gasteiger partial charge is 0.234 e. The highest BCUT2D eigenvalue weighted by Gasteiger charge is 2.09. The summed E-state index contributed by atoms with van der Waals surface area (Å²) in [5.41, 5.74) is 0.861. The van der Waals surface area contributed by atoms with Gasteiger partial charge in [0.1, 0.15) is 6.07 Å². The minimum Gasteiger partial charge on any atom is -0.379 e. The Morgan fingerprint density at radius 2 is 2.25 bits per heavy atom. The number of rotatable bonds is 0. The molecule has 1 aliphatic rings. The number of hydrogen-bond acceptors (Lipinski definition) is 5. The van der Waals surface area contributed by atoms with Crippen molar-refractivity contribution in [1.82, 2.24) is 9.97 Å². The van der Waals surface area contributed by atoms with Gasteiger partial charge in [-0.2, -0.15) is 10.2 Å². The average Bonchev–Trinajstić information content (AvgIpc) is 2.17. The minimum atomic E-state index is 0.199. The zero-order valence-corrected chi connectivity index (χ0v) is 6.33. The third kappa shape index (κ3) is 1.03. The summed E-state index contributed by atoms with van der Waals surface area (Å²) in [6.45, 7) is 1.69. The summed E-state index contributed by atoms with van der Waals surface area (Å²) in [6.07, 6.45) is 1.62. The molecule has 0 amide bonds. The normalized spacial score (nSPS) is 13.6. The number of aromatic nitrogens is 2. The first-order valence-corrected chi connectivity index (χ1v) is 3.65. The fourth-order valence-electron chi connectivity index (χ4n) is 1.08. The van der Waals surface area contributed by atoms with Crippen LogP contribution >= 0.6 is 0 Å². The van der Waals surface area contributed by atoms with Gasteiger partial charge in [-0.25, -0.2) is 4.98 Å². The van der Waals surface area contributed by atoms with Crippen LogP contribution in [0.1, 0.15) is 5.82 Å². The zero-order chi connectivity index (χ0) is 8.39. The van der Waals surface area contributed by atoms with Gasteiger partial charge in [0.25, 0.3) is 0 Å². The number of nitrogens with one attached hydrogen (secondary N) is 2. The van der Waals surface area contributed by atoms with Crippen molar-refractivity contribution >= 4 is 11.5 Å². The fourth-order valence-corrected chi connectivity index (χ4v) is 1.08. The van der Waals surface area contributed by atoms with Crippen LogP contribution in [0.3, 0.4) is 0 Å². The highest BCUT2D eigenvalue weighted by Crippen LogP contribution is 2.19. The van der Waals surface area contributed by atoms with Gasteiger partial charge in [-0.05, 0) is 0 Å². The van der Waals surface area contributed by atoms with Crippen molar-refractivity contribution in [3.63, 3.8) is 0 Å². The molecule has 0 atom stereocenters. The molecule has 0 saturated heterocycles. The first kappa shape index (κ1) is 6.85. The van der Waals surface area contributed by atoms with Crippen LogP contribution in [-0.2, 0) is 0 Å². The molecule has 0 spiro atoms. The van der Waals surface area contributed by atoms with E-state index in [0.717, 1.165) is 18.8 Å². The standard InChI is InChI=1S/C7H7N5/c8-3-6-11-4-5-7(12-6)10-2-1-9-5/h4,9H,1-2H2,(H,10,11,12). The largest absolute Gasteiger partial charge is 0.379 e. The Bertz CT molecular complexity index is 340. The molecule has 5 nitrogen and oxygen atoms in total. The molecule has 60 valence electrons. The zero-order valence-electron chi connectivity index (χ0n) is 6.33. The second kappa shape index (κ2) is 2.66. The second-order valence-corrected chi connectivity index (χ2v) is 2.42. The van der Waals surface area contributed by atoms with E-state index >= 15 is 0 Å². The molecule has 0 radical (unpaired) electrons. The van der Waals surface area contributed by atoms with Crippen molar-refractivity contribution < 1.29 is 0 Å². The maximum absolute atomic E-state index is 8.52. The molecule has 0 fully saturated rings. The highest BCUT2D eigenvalue weighted by molar-refractivity contribution is 5.65. The van der Waals surface area contributed by atoms with E-state index in [2.05, 4.69) is 20.6 Å². The summed E-state index contributed by atoms with van der Waals surface area (Å²) in [5, 5.41) is 14.7. The minimum absolute atomic E-state index is 0.199. The molecular formula is C7H7N5. The molecule has 0 unspecified atom stereocenters. The molecular weight excluding hydrogens is 154 g/mol. The van der Waals surface area contributed by atoms with E-state index in [4.69, 9.17) is 5.26 Å². The molecule has 12 heavy (non-hydrogen) atoms. The average molecular weight is 161 g/mol. The molecule has 1 aromatic heterocycles. The van der Waals surface area contributed by atoms with Gasteiger partial charge >= 0.3 is 0 Å². The summed E-state index contributed by atoms with van der Waals surface area (Å²) < 4.78 is 0. The molecule has 0 aliphatic carbocycles. The van der Waals surface area contributed by atoms with E-state index < -0.39 is 0 Å². The van der Waals surface area contributed by atoms with Gasteiger partial charge in [-0.15, -0.1) is 0 Å². The summed E-state index contributed by atoms with van der Waals surface area (Å²) in [7, 11) is 0. The van der Waals surface area contributed by atoms with Crippen LogP contribution in [0.2, 0.25) is 0 Å². The summed E-state index contributed by atoms with van der Waals surface area (Å²) in [6, 6.07) is 1.89. The summed E-state index contributed by atoms with van der Waals surface area (Å²) in [5.74, 6) is 0.915.